The Labute approximate surface area is 167 Å². The molecular formula is C16H22N4O4S3. The van der Waals surface area contributed by atoms with Crippen LogP contribution in [0.15, 0.2) is 28.6 Å². The van der Waals surface area contributed by atoms with Gasteiger partial charge in [0.05, 0.1) is 19.1 Å². The molecule has 2 rings (SSSR count). The molecule has 1 N–H and O–H groups in total. The molecule has 2 aromatic rings. The molecule has 0 aliphatic carbocycles. The number of thioether (sulfide) groups is 1. The highest BCUT2D eigenvalue weighted by molar-refractivity contribution is 8.01. The van der Waals surface area contributed by atoms with E-state index in [1.165, 1.54) is 15.6 Å². The zero-order chi connectivity index (χ0) is 19.9. The summed E-state index contributed by atoms with van der Waals surface area (Å²) in [6.07, 6.45) is 1.70. The van der Waals surface area contributed by atoms with Crippen LogP contribution in [0.1, 0.15) is 19.8 Å². The number of aromatic nitrogens is 2. The number of hydrogen-bond donors (Lipinski definition) is 1. The Balaban J connectivity index is 1.91. The molecule has 27 heavy (non-hydrogen) atoms. The molecule has 0 aliphatic heterocycles. The highest BCUT2D eigenvalue weighted by Crippen LogP contribution is 2.25. The van der Waals surface area contributed by atoms with E-state index < -0.39 is 10.0 Å². The van der Waals surface area contributed by atoms with Gasteiger partial charge in [0, 0.05) is 13.0 Å². The van der Waals surface area contributed by atoms with Gasteiger partial charge in [-0.25, -0.2) is 8.42 Å². The van der Waals surface area contributed by atoms with E-state index in [1.54, 1.807) is 43.1 Å². The maximum Gasteiger partial charge on any atom is 0.232 e. The number of hydrogen-bond acceptors (Lipinski definition) is 8. The molecule has 1 amide bonds. The number of benzene rings is 1. The highest BCUT2D eigenvalue weighted by Gasteiger charge is 2.18. The van der Waals surface area contributed by atoms with Crippen LogP contribution in [0.3, 0.4) is 0 Å². The average molecular weight is 431 g/mol. The van der Waals surface area contributed by atoms with E-state index >= 15 is 0 Å². The molecule has 1 aromatic carbocycles. The molecule has 0 radical (unpaired) electrons. The number of nitrogens with zero attached hydrogens (tertiary/aromatic N) is 3. The van der Waals surface area contributed by atoms with Crippen molar-refractivity contribution in [2.45, 2.75) is 24.1 Å². The molecule has 0 saturated heterocycles. The number of nitrogens with one attached hydrogen (secondary N) is 1. The second-order valence-electron chi connectivity index (χ2n) is 5.49. The molecule has 8 nitrogen and oxygen atoms in total. The maximum atomic E-state index is 12.1. The van der Waals surface area contributed by atoms with Crippen LogP contribution in [0.4, 0.5) is 10.8 Å². The first-order chi connectivity index (χ1) is 12.8. The Morgan fingerprint density at radius 3 is 2.59 bits per heavy atom. The monoisotopic (exact) mass is 430 g/mol. The van der Waals surface area contributed by atoms with Gasteiger partial charge in [0.1, 0.15) is 5.75 Å². The molecule has 0 saturated carbocycles. The topological polar surface area (TPSA) is 101 Å². The predicted octanol–water partition coefficient (Wildman–Crippen LogP) is 2.84. The van der Waals surface area contributed by atoms with Crippen molar-refractivity contribution in [1.82, 2.24) is 10.2 Å². The Bertz CT molecular complexity index is 853. The third-order valence-electron chi connectivity index (χ3n) is 3.45. The molecule has 1 aromatic heterocycles. The van der Waals surface area contributed by atoms with E-state index in [2.05, 4.69) is 15.5 Å². The van der Waals surface area contributed by atoms with Gasteiger partial charge in [0.15, 0.2) is 4.34 Å². The summed E-state index contributed by atoms with van der Waals surface area (Å²) >= 11 is 2.88. The molecule has 0 aliphatic rings. The van der Waals surface area contributed by atoms with Crippen LogP contribution in [0.2, 0.25) is 0 Å². The molecular weight excluding hydrogens is 408 g/mol. The van der Waals surface area contributed by atoms with Crippen LogP contribution in [-0.4, -0.2) is 50.2 Å². The zero-order valence-electron chi connectivity index (χ0n) is 15.3. The fraction of sp³-hybridized carbons (Fsp3) is 0.438. The van der Waals surface area contributed by atoms with E-state index in [9.17, 15) is 13.2 Å². The third kappa shape index (κ3) is 6.67. The lowest BCUT2D eigenvalue weighted by atomic mass is 10.2. The van der Waals surface area contributed by atoms with Crippen LogP contribution in [0.5, 0.6) is 5.75 Å². The van der Waals surface area contributed by atoms with Crippen molar-refractivity contribution < 1.29 is 17.9 Å². The molecule has 148 valence electrons. The lowest BCUT2D eigenvalue weighted by molar-refractivity contribution is -0.116. The lowest BCUT2D eigenvalue weighted by Gasteiger charge is -2.22. The van der Waals surface area contributed by atoms with Gasteiger partial charge in [-0.2, -0.15) is 0 Å². The summed E-state index contributed by atoms with van der Waals surface area (Å²) in [5, 5.41) is 11.0. The SMILES string of the molecule is CCSc1nnc(NC(=O)CCCN(c2ccc(OC)cc2)S(C)(=O)=O)s1. The Morgan fingerprint density at radius 2 is 2.00 bits per heavy atom. The summed E-state index contributed by atoms with van der Waals surface area (Å²) in [5.41, 5.74) is 0.532. The quantitative estimate of drug-likeness (QED) is 0.457. The van der Waals surface area contributed by atoms with Crippen LogP contribution in [0.25, 0.3) is 0 Å². The van der Waals surface area contributed by atoms with E-state index in [-0.39, 0.29) is 18.9 Å². The van der Waals surface area contributed by atoms with Gasteiger partial charge in [-0.3, -0.25) is 9.10 Å². The largest absolute Gasteiger partial charge is 0.497 e. The van der Waals surface area contributed by atoms with E-state index in [1.807, 2.05) is 6.92 Å². The number of carbonyl (C=O) groups excluding carboxylic acids is 1. The highest BCUT2D eigenvalue weighted by atomic mass is 32.2. The smallest absolute Gasteiger partial charge is 0.232 e. The summed E-state index contributed by atoms with van der Waals surface area (Å²) in [6.45, 7) is 2.21. The first-order valence-corrected chi connectivity index (χ1v) is 11.9. The van der Waals surface area contributed by atoms with Crippen molar-refractivity contribution in [3.63, 3.8) is 0 Å². The minimum Gasteiger partial charge on any atom is -0.497 e. The lowest BCUT2D eigenvalue weighted by Crippen LogP contribution is -2.31. The molecule has 0 unspecified atom stereocenters. The number of anilines is 2. The number of carbonyl (C=O) groups is 1. The van der Waals surface area contributed by atoms with Gasteiger partial charge < -0.3 is 10.1 Å². The Hall–Kier alpha value is -1.85. The third-order valence-corrected chi connectivity index (χ3v) is 6.49. The fourth-order valence-corrected chi connectivity index (χ4v) is 4.87. The minimum atomic E-state index is -3.46. The van der Waals surface area contributed by atoms with Gasteiger partial charge in [-0.15, -0.1) is 10.2 Å². The molecule has 0 fully saturated rings. The predicted molar refractivity (Wildman–Crippen MR) is 109 cm³/mol. The first-order valence-electron chi connectivity index (χ1n) is 8.21. The minimum absolute atomic E-state index is 0.179. The van der Waals surface area contributed by atoms with Crippen LogP contribution in [0, 0.1) is 0 Å². The number of methoxy groups -OCH3 is 1. The van der Waals surface area contributed by atoms with Crippen molar-refractivity contribution in [3.8, 4) is 5.75 Å². The van der Waals surface area contributed by atoms with Crippen molar-refractivity contribution in [1.29, 1.82) is 0 Å². The van der Waals surface area contributed by atoms with E-state index in [4.69, 9.17) is 4.74 Å². The second-order valence-corrected chi connectivity index (χ2v) is 9.89. The van der Waals surface area contributed by atoms with Crippen LogP contribution in [-0.2, 0) is 14.8 Å². The molecule has 11 heteroatoms. The fourth-order valence-electron chi connectivity index (χ4n) is 2.24. The van der Waals surface area contributed by atoms with Crippen LogP contribution < -0.4 is 14.4 Å². The standard InChI is InChI=1S/C16H22N4O4S3/c1-4-25-16-19-18-15(26-16)17-14(21)6-5-11-20(27(3,22)23)12-7-9-13(24-2)10-8-12/h7-10H,4-6,11H2,1-3H3,(H,17,18,21). The van der Waals surface area contributed by atoms with E-state index in [0.717, 1.165) is 16.3 Å². The van der Waals surface area contributed by atoms with Gasteiger partial charge in [-0.05, 0) is 36.4 Å². The normalized spacial score (nSPS) is 11.2. The second kappa shape index (κ2) is 9.90. The zero-order valence-corrected chi connectivity index (χ0v) is 17.8. The van der Waals surface area contributed by atoms with Crippen molar-refractivity contribution in [2.24, 2.45) is 0 Å². The summed E-state index contributed by atoms with van der Waals surface area (Å²) in [4.78, 5) is 12.1. The first kappa shape index (κ1) is 21.5. The molecule has 0 atom stereocenters. The average Bonchev–Trinajstić information content (AvgIpc) is 3.05. The van der Waals surface area contributed by atoms with Crippen molar-refractivity contribution >= 4 is 49.8 Å². The molecule has 0 spiro atoms. The Kier molecular flexibility index (Phi) is 7.87. The van der Waals surface area contributed by atoms with E-state index in [0.29, 0.717) is 23.0 Å². The van der Waals surface area contributed by atoms with Crippen molar-refractivity contribution in [3.05, 3.63) is 24.3 Å². The Morgan fingerprint density at radius 1 is 1.30 bits per heavy atom. The molecule has 0 bridgehead atoms. The van der Waals surface area contributed by atoms with Gasteiger partial charge >= 0.3 is 0 Å². The number of amides is 1. The van der Waals surface area contributed by atoms with Crippen molar-refractivity contribution in [2.75, 3.05) is 35.3 Å². The van der Waals surface area contributed by atoms with Gasteiger partial charge in [0.25, 0.3) is 0 Å². The molecule has 1 heterocycles. The summed E-state index contributed by atoms with van der Waals surface area (Å²) in [5.74, 6) is 1.31. The summed E-state index contributed by atoms with van der Waals surface area (Å²) < 4.78 is 31.4. The maximum absolute atomic E-state index is 12.1. The van der Waals surface area contributed by atoms with Gasteiger partial charge in [-0.1, -0.05) is 30.0 Å². The summed E-state index contributed by atoms with van der Waals surface area (Å²) in [6, 6.07) is 6.74. The number of sulfonamides is 1. The van der Waals surface area contributed by atoms with Gasteiger partial charge in [0.2, 0.25) is 21.1 Å². The number of ether oxygens (including phenoxy) is 1. The van der Waals surface area contributed by atoms with Crippen LogP contribution >= 0.6 is 23.1 Å². The number of rotatable bonds is 10. The summed E-state index contributed by atoms with van der Waals surface area (Å²) in [7, 11) is -1.91.